The minimum atomic E-state index is -0.537. The van der Waals surface area contributed by atoms with Crippen LogP contribution >= 0.6 is 0 Å². The lowest BCUT2D eigenvalue weighted by molar-refractivity contribution is -0.0985. The molecule has 0 rings (SSSR count). The Balaban J connectivity index is 2.92. The predicted octanol–water partition coefficient (Wildman–Crippen LogP) is 1.14. The second kappa shape index (κ2) is 5.06. The molecule has 0 aromatic carbocycles. The van der Waals surface area contributed by atoms with Gasteiger partial charge in [-0.25, -0.2) is 0 Å². The molecule has 0 bridgehead atoms. The number of aliphatic hydroxyl groups excluding tert-OH is 1. The number of rotatable bonds is 4. The Labute approximate surface area is 50.5 Å². The van der Waals surface area contributed by atoms with Gasteiger partial charge in [0.2, 0.25) is 0 Å². The summed E-state index contributed by atoms with van der Waals surface area (Å²) in [5.74, 6) is 0. The molecule has 0 fully saturated rings. The molecule has 0 saturated carbocycles. The molecule has 50 valence electrons. The van der Waals surface area contributed by atoms with E-state index in [-0.39, 0.29) is 0 Å². The zero-order valence-electron chi connectivity index (χ0n) is 5.55. The molecule has 0 aliphatic rings. The van der Waals surface area contributed by atoms with Crippen molar-refractivity contribution in [3.8, 4) is 0 Å². The summed E-state index contributed by atoms with van der Waals surface area (Å²) in [6.07, 6.45) is 1.18. The maximum absolute atomic E-state index is 8.83. The van der Waals surface area contributed by atoms with E-state index in [0.29, 0.717) is 6.61 Å². The van der Waals surface area contributed by atoms with Crippen LogP contribution < -0.4 is 0 Å². The topological polar surface area (TPSA) is 29.5 Å². The summed E-state index contributed by atoms with van der Waals surface area (Å²) in [5, 5.41) is 8.83. The van der Waals surface area contributed by atoms with E-state index >= 15 is 0 Å². The van der Waals surface area contributed by atoms with Crippen molar-refractivity contribution in [1.29, 1.82) is 0 Å². The first kappa shape index (κ1) is 7.92. The van der Waals surface area contributed by atoms with Gasteiger partial charge in [0.05, 0.1) is 0 Å². The van der Waals surface area contributed by atoms with Crippen molar-refractivity contribution in [3.63, 3.8) is 0 Å². The van der Waals surface area contributed by atoms with Crippen LogP contribution in [0.1, 0.15) is 26.7 Å². The second-order valence-corrected chi connectivity index (χ2v) is 1.70. The van der Waals surface area contributed by atoms with Gasteiger partial charge < -0.3 is 9.84 Å². The van der Waals surface area contributed by atoms with Crippen LogP contribution in [0, 0.1) is 0 Å². The van der Waals surface area contributed by atoms with E-state index in [1.807, 2.05) is 13.8 Å². The molecule has 1 N–H and O–H groups in total. The van der Waals surface area contributed by atoms with Crippen LogP contribution in [0.15, 0.2) is 0 Å². The molecule has 0 aromatic rings. The summed E-state index contributed by atoms with van der Waals surface area (Å²) in [6, 6.07) is 0. The van der Waals surface area contributed by atoms with Gasteiger partial charge in [-0.1, -0.05) is 13.3 Å². The second-order valence-electron chi connectivity index (χ2n) is 1.70. The number of hydrogen-bond acceptors (Lipinski definition) is 2. The summed E-state index contributed by atoms with van der Waals surface area (Å²) in [5.41, 5.74) is 0. The monoisotopic (exact) mass is 118 g/mol. The highest BCUT2D eigenvalue weighted by atomic mass is 16.6. The van der Waals surface area contributed by atoms with E-state index in [1.54, 1.807) is 0 Å². The van der Waals surface area contributed by atoms with Crippen molar-refractivity contribution in [2.75, 3.05) is 6.61 Å². The number of aliphatic hydroxyl groups is 1. The van der Waals surface area contributed by atoms with Crippen LogP contribution in [0.3, 0.4) is 0 Å². The fourth-order valence-corrected chi connectivity index (χ4v) is 0.523. The predicted molar refractivity (Wildman–Crippen MR) is 32.5 cm³/mol. The first-order valence-corrected chi connectivity index (χ1v) is 3.11. The molecule has 2 heteroatoms. The summed E-state index contributed by atoms with van der Waals surface area (Å²) in [4.78, 5) is 0. The van der Waals surface area contributed by atoms with Crippen LogP contribution in [0.5, 0.6) is 0 Å². The summed E-state index contributed by atoms with van der Waals surface area (Å²) in [6.45, 7) is 4.49. The molecule has 0 aliphatic heterocycles. The van der Waals surface area contributed by atoms with Crippen molar-refractivity contribution in [2.45, 2.75) is 33.0 Å². The van der Waals surface area contributed by atoms with Crippen LogP contribution in [0.2, 0.25) is 0 Å². The average molecular weight is 118 g/mol. The van der Waals surface area contributed by atoms with Crippen LogP contribution in [0.25, 0.3) is 0 Å². The van der Waals surface area contributed by atoms with Crippen molar-refractivity contribution in [1.82, 2.24) is 0 Å². The van der Waals surface area contributed by atoms with Crippen molar-refractivity contribution < 1.29 is 9.84 Å². The van der Waals surface area contributed by atoms with E-state index < -0.39 is 6.29 Å². The van der Waals surface area contributed by atoms with Crippen molar-refractivity contribution in [2.24, 2.45) is 0 Å². The van der Waals surface area contributed by atoms with Gasteiger partial charge in [-0.3, -0.25) is 0 Å². The first-order chi connectivity index (χ1) is 3.81. The highest BCUT2D eigenvalue weighted by Gasteiger charge is 1.97. The van der Waals surface area contributed by atoms with Gasteiger partial charge in [-0.2, -0.15) is 0 Å². The summed E-state index contributed by atoms with van der Waals surface area (Å²) >= 11 is 0. The van der Waals surface area contributed by atoms with Gasteiger partial charge in [-0.15, -0.1) is 0 Å². The minimum absolute atomic E-state index is 0.537. The third kappa shape index (κ3) is 4.09. The lowest BCUT2D eigenvalue weighted by Gasteiger charge is -2.06. The zero-order chi connectivity index (χ0) is 6.41. The maximum atomic E-state index is 8.83. The molecule has 0 amide bonds. The number of hydrogen-bond donors (Lipinski definition) is 1. The quantitative estimate of drug-likeness (QED) is 0.561. The van der Waals surface area contributed by atoms with E-state index in [9.17, 15) is 0 Å². The van der Waals surface area contributed by atoms with Gasteiger partial charge in [0.25, 0.3) is 0 Å². The lowest BCUT2D eigenvalue weighted by Crippen LogP contribution is -2.10. The largest absolute Gasteiger partial charge is 0.368 e. The molecule has 2 nitrogen and oxygen atoms in total. The van der Waals surface area contributed by atoms with Gasteiger partial charge in [-0.05, 0) is 13.3 Å². The minimum Gasteiger partial charge on any atom is -0.368 e. The SMILES string of the molecule is CCC[C@H](O)OCC. The third-order valence-electron chi connectivity index (χ3n) is 0.895. The Morgan fingerprint density at radius 3 is 2.50 bits per heavy atom. The highest BCUT2D eigenvalue weighted by molar-refractivity contribution is 4.36. The molecule has 0 aliphatic carbocycles. The Hall–Kier alpha value is -0.0800. The van der Waals surface area contributed by atoms with Gasteiger partial charge in [0.15, 0.2) is 6.29 Å². The van der Waals surface area contributed by atoms with Crippen molar-refractivity contribution in [3.05, 3.63) is 0 Å². The summed E-state index contributed by atoms with van der Waals surface area (Å²) in [7, 11) is 0. The molecule has 0 unspecified atom stereocenters. The van der Waals surface area contributed by atoms with Gasteiger partial charge in [0, 0.05) is 6.61 Å². The van der Waals surface area contributed by atoms with E-state index in [1.165, 1.54) is 0 Å². The average Bonchev–Trinajstić information content (AvgIpc) is 1.68. The Bertz CT molecular complexity index is 39.8. The van der Waals surface area contributed by atoms with Gasteiger partial charge in [0.1, 0.15) is 0 Å². The molecule has 0 radical (unpaired) electrons. The Kier molecular flexibility index (Phi) is 5.01. The molecule has 0 saturated heterocycles. The summed E-state index contributed by atoms with van der Waals surface area (Å²) < 4.78 is 4.84. The van der Waals surface area contributed by atoms with Crippen LogP contribution in [-0.4, -0.2) is 18.0 Å². The molecular formula is C6H14O2. The zero-order valence-corrected chi connectivity index (χ0v) is 5.55. The first-order valence-electron chi connectivity index (χ1n) is 3.11. The van der Waals surface area contributed by atoms with Crippen LogP contribution in [0.4, 0.5) is 0 Å². The molecular weight excluding hydrogens is 104 g/mol. The van der Waals surface area contributed by atoms with E-state index in [4.69, 9.17) is 9.84 Å². The lowest BCUT2D eigenvalue weighted by atomic mass is 10.3. The molecule has 0 aromatic heterocycles. The molecule has 0 heterocycles. The Morgan fingerprint density at radius 1 is 1.50 bits per heavy atom. The fraction of sp³-hybridized carbons (Fsp3) is 1.00. The number of ether oxygens (including phenoxy) is 1. The Morgan fingerprint density at radius 2 is 2.12 bits per heavy atom. The van der Waals surface area contributed by atoms with Gasteiger partial charge >= 0.3 is 0 Å². The molecule has 1 atom stereocenters. The van der Waals surface area contributed by atoms with Crippen LogP contribution in [-0.2, 0) is 4.74 Å². The maximum Gasteiger partial charge on any atom is 0.154 e. The third-order valence-corrected chi connectivity index (χ3v) is 0.895. The van der Waals surface area contributed by atoms with E-state index in [2.05, 4.69) is 0 Å². The van der Waals surface area contributed by atoms with E-state index in [0.717, 1.165) is 12.8 Å². The highest BCUT2D eigenvalue weighted by Crippen LogP contribution is 1.95. The molecule has 8 heavy (non-hydrogen) atoms. The smallest absolute Gasteiger partial charge is 0.154 e. The van der Waals surface area contributed by atoms with Crippen molar-refractivity contribution >= 4 is 0 Å². The standard InChI is InChI=1S/C6H14O2/c1-3-5-6(7)8-4-2/h6-7H,3-5H2,1-2H3/t6-/m1/s1. The fourth-order valence-electron chi connectivity index (χ4n) is 0.523. The molecule has 0 spiro atoms. The normalized spacial score (nSPS) is 13.9.